The summed E-state index contributed by atoms with van der Waals surface area (Å²) in [6.45, 7) is 0.417. The second kappa shape index (κ2) is 2.21. The number of nitrogens with two attached hydrogens (primary N) is 1. The minimum Gasteiger partial charge on any atom is -0.367 e. The molecule has 0 aromatic rings. The highest BCUT2D eigenvalue weighted by Gasteiger charge is 2.59. The largest absolute Gasteiger partial charge is 0.367 e. The Kier molecular flexibility index (Phi) is 1.37. The molecule has 0 aromatic carbocycles. The van der Waals surface area contributed by atoms with Crippen molar-refractivity contribution < 1.29 is 14.4 Å². The van der Waals surface area contributed by atoms with Crippen molar-refractivity contribution in [1.82, 2.24) is 10.2 Å². The highest BCUT2D eigenvalue weighted by atomic mass is 16.2. The molecule has 13 heavy (non-hydrogen) atoms. The molecular weight excluding hydrogens is 174 g/mol. The van der Waals surface area contributed by atoms with Crippen molar-refractivity contribution in [3.05, 3.63) is 0 Å². The molecule has 0 aliphatic carbocycles. The maximum atomic E-state index is 11.4. The third kappa shape index (κ3) is 0.746. The van der Waals surface area contributed by atoms with Crippen LogP contribution in [0, 0.1) is 0 Å². The normalized spacial score (nSPS) is 31.8. The third-order valence-corrected chi connectivity index (χ3v) is 2.63. The predicted octanol–water partition coefficient (Wildman–Crippen LogP) is -1.44. The summed E-state index contributed by atoms with van der Waals surface area (Å²) in [7, 11) is 0. The number of imide groups is 1. The molecule has 2 aliphatic rings. The fraction of sp³-hybridized carbons (Fsp3) is 0.571. The molecule has 0 aromatic heterocycles. The number of carbonyl (C=O) groups is 3. The predicted molar refractivity (Wildman–Crippen MR) is 41.4 cm³/mol. The maximum absolute atomic E-state index is 11.4. The number of primary amides is 1. The quantitative estimate of drug-likeness (QED) is 0.385. The number of amides is 4. The summed E-state index contributed by atoms with van der Waals surface area (Å²) in [4.78, 5) is 34.9. The first kappa shape index (κ1) is 8.03. The highest BCUT2D eigenvalue weighted by molar-refractivity contribution is 6.20. The molecule has 4 amide bonds. The van der Waals surface area contributed by atoms with Crippen LogP contribution in [-0.4, -0.2) is 34.8 Å². The molecule has 2 aliphatic heterocycles. The van der Waals surface area contributed by atoms with Crippen molar-refractivity contribution in [1.29, 1.82) is 0 Å². The van der Waals surface area contributed by atoms with E-state index in [1.165, 1.54) is 4.90 Å². The molecule has 6 nitrogen and oxygen atoms in total. The van der Waals surface area contributed by atoms with Crippen molar-refractivity contribution in [2.24, 2.45) is 5.73 Å². The zero-order valence-corrected chi connectivity index (χ0v) is 6.87. The van der Waals surface area contributed by atoms with E-state index in [4.69, 9.17) is 5.73 Å². The number of hydrogen-bond donors (Lipinski definition) is 2. The van der Waals surface area contributed by atoms with E-state index in [-0.39, 0.29) is 0 Å². The summed E-state index contributed by atoms with van der Waals surface area (Å²) in [6.07, 6.45) is 0.974. The number of carbonyl (C=O) groups excluding carboxylic acids is 3. The van der Waals surface area contributed by atoms with E-state index in [9.17, 15) is 14.4 Å². The summed E-state index contributed by atoms with van der Waals surface area (Å²) in [5.74, 6) is -1.32. The lowest BCUT2D eigenvalue weighted by molar-refractivity contribution is -0.136. The van der Waals surface area contributed by atoms with Gasteiger partial charge < -0.3 is 10.6 Å². The first-order valence-corrected chi connectivity index (χ1v) is 4.02. The van der Waals surface area contributed by atoms with Gasteiger partial charge in [-0.2, -0.15) is 0 Å². The summed E-state index contributed by atoms with van der Waals surface area (Å²) in [6, 6.07) is -0.513. The molecule has 2 saturated heterocycles. The fourth-order valence-electron chi connectivity index (χ4n) is 1.97. The van der Waals surface area contributed by atoms with Gasteiger partial charge in [0.25, 0.3) is 11.8 Å². The zero-order valence-electron chi connectivity index (χ0n) is 6.87. The van der Waals surface area contributed by atoms with Crippen LogP contribution in [0.2, 0.25) is 0 Å². The molecular formula is C7H9N3O3. The standard InChI is InChI=1S/C7H9N3O3/c8-4(11)7-2-1-3-10(7)6(13)9-5(7)12/h1-3H2,(H2,8,11)(H,9,12,13). The van der Waals surface area contributed by atoms with Gasteiger partial charge in [-0.3, -0.25) is 14.9 Å². The van der Waals surface area contributed by atoms with Gasteiger partial charge in [-0.1, -0.05) is 0 Å². The lowest BCUT2D eigenvalue weighted by Crippen LogP contribution is -2.55. The minimum absolute atomic E-state index is 0.333. The molecule has 0 saturated carbocycles. The van der Waals surface area contributed by atoms with Gasteiger partial charge in [0.05, 0.1) is 0 Å². The van der Waals surface area contributed by atoms with Crippen molar-refractivity contribution in [2.75, 3.05) is 6.54 Å². The van der Waals surface area contributed by atoms with Crippen molar-refractivity contribution >= 4 is 17.8 Å². The Morgan fingerprint density at radius 2 is 2.23 bits per heavy atom. The zero-order chi connectivity index (χ0) is 9.64. The van der Waals surface area contributed by atoms with Gasteiger partial charge in [0.1, 0.15) is 0 Å². The second-order valence-corrected chi connectivity index (χ2v) is 3.24. The summed E-state index contributed by atoms with van der Waals surface area (Å²) >= 11 is 0. The molecule has 2 fully saturated rings. The summed E-state index contributed by atoms with van der Waals surface area (Å²) < 4.78 is 0. The van der Waals surface area contributed by atoms with Gasteiger partial charge in [-0.25, -0.2) is 4.79 Å². The molecule has 1 unspecified atom stereocenters. The van der Waals surface area contributed by atoms with Crippen LogP contribution in [0.25, 0.3) is 0 Å². The molecule has 3 N–H and O–H groups in total. The van der Waals surface area contributed by atoms with Crippen LogP contribution in [0.5, 0.6) is 0 Å². The number of rotatable bonds is 1. The Labute approximate surface area is 74.1 Å². The molecule has 0 spiro atoms. The topological polar surface area (TPSA) is 92.5 Å². The van der Waals surface area contributed by atoms with E-state index >= 15 is 0 Å². The molecule has 0 radical (unpaired) electrons. The Morgan fingerprint density at radius 1 is 1.54 bits per heavy atom. The lowest BCUT2D eigenvalue weighted by atomic mass is 9.96. The Hall–Kier alpha value is -1.59. The van der Waals surface area contributed by atoms with Gasteiger partial charge >= 0.3 is 6.03 Å². The van der Waals surface area contributed by atoms with E-state index in [1.807, 2.05) is 0 Å². The monoisotopic (exact) mass is 183 g/mol. The van der Waals surface area contributed by atoms with Crippen LogP contribution < -0.4 is 11.1 Å². The molecule has 2 heterocycles. The average molecular weight is 183 g/mol. The first-order valence-electron chi connectivity index (χ1n) is 4.02. The number of nitrogens with zero attached hydrogens (tertiary/aromatic N) is 1. The average Bonchev–Trinajstić information content (AvgIpc) is 2.54. The second-order valence-electron chi connectivity index (χ2n) is 3.24. The van der Waals surface area contributed by atoms with E-state index in [0.29, 0.717) is 19.4 Å². The van der Waals surface area contributed by atoms with E-state index < -0.39 is 23.4 Å². The molecule has 6 heteroatoms. The summed E-state index contributed by atoms with van der Waals surface area (Å²) in [5, 5.41) is 2.09. The van der Waals surface area contributed by atoms with Crippen LogP contribution in [0.3, 0.4) is 0 Å². The molecule has 2 rings (SSSR count). The van der Waals surface area contributed by atoms with Gasteiger partial charge in [0.15, 0.2) is 0 Å². The Morgan fingerprint density at radius 3 is 2.77 bits per heavy atom. The van der Waals surface area contributed by atoms with Crippen molar-refractivity contribution in [3.63, 3.8) is 0 Å². The lowest BCUT2D eigenvalue weighted by Gasteiger charge is -2.23. The van der Waals surface area contributed by atoms with Crippen LogP contribution >= 0.6 is 0 Å². The van der Waals surface area contributed by atoms with Crippen LogP contribution in [-0.2, 0) is 9.59 Å². The number of hydrogen-bond acceptors (Lipinski definition) is 3. The van der Waals surface area contributed by atoms with Gasteiger partial charge in [0.2, 0.25) is 5.54 Å². The van der Waals surface area contributed by atoms with Crippen LogP contribution in [0.4, 0.5) is 4.79 Å². The summed E-state index contributed by atoms with van der Waals surface area (Å²) in [5.41, 5.74) is 3.74. The molecule has 1 atom stereocenters. The Bertz CT molecular complexity index is 314. The van der Waals surface area contributed by atoms with E-state index in [2.05, 4.69) is 5.32 Å². The SMILES string of the molecule is NC(=O)C12CCCN1C(=O)NC2=O. The Balaban J connectivity index is 2.48. The van der Waals surface area contributed by atoms with E-state index in [1.54, 1.807) is 0 Å². The smallest absolute Gasteiger partial charge is 0.325 e. The van der Waals surface area contributed by atoms with Crippen LogP contribution in [0.1, 0.15) is 12.8 Å². The van der Waals surface area contributed by atoms with Gasteiger partial charge in [-0.05, 0) is 12.8 Å². The molecule has 0 bridgehead atoms. The maximum Gasteiger partial charge on any atom is 0.325 e. The fourth-order valence-corrected chi connectivity index (χ4v) is 1.97. The highest BCUT2D eigenvalue weighted by Crippen LogP contribution is 2.32. The third-order valence-electron chi connectivity index (χ3n) is 2.63. The van der Waals surface area contributed by atoms with Gasteiger partial charge in [-0.15, -0.1) is 0 Å². The van der Waals surface area contributed by atoms with E-state index in [0.717, 1.165) is 0 Å². The minimum atomic E-state index is -1.39. The number of fused-ring (bicyclic) bond motifs is 1. The van der Waals surface area contributed by atoms with Gasteiger partial charge in [0, 0.05) is 6.54 Å². The first-order chi connectivity index (χ1) is 6.09. The van der Waals surface area contributed by atoms with Crippen LogP contribution in [0.15, 0.2) is 0 Å². The number of nitrogens with one attached hydrogen (secondary N) is 1. The number of urea groups is 1. The van der Waals surface area contributed by atoms with Crippen molar-refractivity contribution in [3.8, 4) is 0 Å². The van der Waals surface area contributed by atoms with Crippen molar-refractivity contribution in [2.45, 2.75) is 18.4 Å². The molecule has 70 valence electrons.